The van der Waals surface area contributed by atoms with Gasteiger partial charge in [-0.1, -0.05) is 18.9 Å². The Bertz CT molecular complexity index is 805. The van der Waals surface area contributed by atoms with E-state index in [1.165, 1.54) is 31.2 Å². The number of hydrogen-bond acceptors (Lipinski definition) is 4. The fourth-order valence-corrected chi connectivity index (χ4v) is 4.86. The maximum Gasteiger partial charge on any atom is 0.230 e. The molecule has 1 aliphatic heterocycles. The number of benzene rings is 1. The molecule has 5 heteroatoms. The third-order valence-electron chi connectivity index (χ3n) is 5.65. The van der Waals surface area contributed by atoms with E-state index < -0.39 is 0 Å². The molecule has 1 aromatic carbocycles. The molecule has 2 aromatic rings. The summed E-state index contributed by atoms with van der Waals surface area (Å²) in [4.78, 5) is 19.2. The van der Waals surface area contributed by atoms with Gasteiger partial charge in [-0.05, 0) is 49.8 Å². The lowest BCUT2D eigenvalue weighted by atomic mass is 10.1. The van der Waals surface area contributed by atoms with Gasteiger partial charge in [0.15, 0.2) is 5.13 Å². The predicted molar refractivity (Wildman–Crippen MR) is 102 cm³/mol. The van der Waals surface area contributed by atoms with Crippen LogP contribution in [0.1, 0.15) is 44.1 Å². The maximum absolute atomic E-state index is 12.4. The molecular weight excluding hydrogens is 330 g/mol. The van der Waals surface area contributed by atoms with Crippen molar-refractivity contribution < 1.29 is 4.79 Å². The number of hydrogen-bond donors (Lipinski definition) is 1. The molecule has 0 atom stereocenters. The molecule has 0 bridgehead atoms. The number of fused-ring (bicyclic) bond motifs is 1. The predicted octanol–water partition coefficient (Wildman–Crippen LogP) is 4.46. The molecule has 0 radical (unpaired) electrons. The van der Waals surface area contributed by atoms with Gasteiger partial charge in [0.05, 0.1) is 5.69 Å². The number of nitrogens with one attached hydrogen (secondary N) is 1. The Kier molecular flexibility index (Phi) is 3.77. The number of amides is 1. The fourth-order valence-electron chi connectivity index (χ4n) is 4.06. The zero-order valence-corrected chi connectivity index (χ0v) is 15.1. The van der Waals surface area contributed by atoms with Crippen LogP contribution in [-0.2, 0) is 11.2 Å². The summed E-state index contributed by atoms with van der Waals surface area (Å²) in [6, 6.07) is 7.05. The summed E-state index contributed by atoms with van der Waals surface area (Å²) in [6.07, 6.45) is 8.28. The van der Waals surface area contributed by atoms with Crippen LogP contribution < -0.4 is 10.2 Å². The summed E-state index contributed by atoms with van der Waals surface area (Å²) in [5, 5.41) is 6.75. The molecule has 1 aromatic heterocycles. The second kappa shape index (κ2) is 6.13. The second-order valence-corrected chi connectivity index (χ2v) is 8.38. The first kappa shape index (κ1) is 15.4. The number of anilines is 2. The van der Waals surface area contributed by atoms with Crippen LogP contribution in [-0.4, -0.2) is 23.5 Å². The molecule has 0 unspecified atom stereocenters. The van der Waals surface area contributed by atoms with E-state index in [0.717, 1.165) is 47.9 Å². The van der Waals surface area contributed by atoms with E-state index in [2.05, 4.69) is 28.9 Å². The lowest BCUT2D eigenvalue weighted by molar-refractivity contribution is -0.119. The molecule has 0 saturated heterocycles. The molecule has 3 aliphatic rings. The van der Waals surface area contributed by atoms with Crippen molar-refractivity contribution in [2.75, 3.05) is 16.8 Å². The topological polar surface area (TPSA) is 45.2 Å². The largest absolute Gasteiger partial charge is 0.359 e. The van der Waals surface area contributed by atoms with Crippen molar-refractivity contribution in [1.29, 1.82) is 0 Å². The summed E-state index contributed by atoms with van der Waals surface area (Å²) in [5.41, 5.74) is 4.60. The van der Waals surface area contributed by atoms with Gasteiger partial charge in [0.1, 0.15) is 0 Å². The lowest BCUT2D eigenvalue weighted by Gasteiger charge is -2.17. The van der Waals surface area contributed by atoms with E-state index in [0.29, 0.717) is 11.9 Å². The third-order valence-corrected chi connectivity index (χ3v) is 6.42. The quantitative estimate of drug-likeness (QED) is 0.882. The number of nitrogens with zero attached hydrogens (tertiary/aromatic N) is 2. The molecule has 2 saturated carbocycles. The number of carbonyl (C=O) groups is 1. The smallest absolute Gasteiger partial charge is 0.230 e. The molecule has 25 heavy (non-hydrogen) atoms. The zero-order valence-electron chi connectivity index (χ0n) is 14.3. The molecule has 4 nitrogen and oxygen atoms in total. The van der Waals surface area contributed by atoms with Gasteiger partial charge in [0.2, 0.25) is 5.91 Å². The van der Waals surface area contributed by atoms with E-state index in [-0.39, 0.29) is 5.92 Å². The second-order valence-electron chi connectivity index (χ2n) is 7.52. The monoisotopic (exact) mass is 353 g/mol. The summed E-state index contributed by atoms with van der Waals surface area (Å²) < 4.78 is 0. The number of aromatic nitrogens is 1. The summed E-state index contributed by atoms with van der Waals surface area (Å²) in [7, 11) is 0. The van der Waals surface area contributed by atoms with Crippen LogP contribution in [0.3, 0.4) is 0 Å². The first-order chi connectivity index (χ1) is 12.3. The minimum Gasteiger partial charge on any atom is -0.359 e. The fraction of sp³-hybridized carbons (Fsp3) is 0.500. The van der Waals surface area contributed by atoms with Crippen LogP contribution >= 0.6 is 11.3 Å². The minimum atomic E-state index is 0.286. The van der Waals surface area contributed by atoms with Crippen LogP contribution in [0.4, 0.5) is 10.8 Å². The SMILES string of the molecule is O=C(C1CC1)N1CCc2cc(-c3csc(NC4CCCC4)n3)ccc21. The van der Waals surface area contributed by atoms with Crippen molar-refractivity contribution in [3.05, 3.63) is 29.1 Å². The van der Waals surface area contributed by atoms with Gasteiger partial charge in [-0.15, -0.1) is 11.3 Å². The molecule has 2 fully saturated rings. The highest BCUT2D eigenvalue weighted by molar-refractivity contribution is 7.14. The first-order valence-corrected chi connectivity index (χ1v) is 10.3. The van der Waals surface area contributed by atoms with Crippen LogP contribution in [0, 0.1) is 5.92 Å². The Balaban J connectivity index is 1.35. The van der Waals surface area contributed by atoms with Gasteiger partial charge in [0.25, 0.3) is 0 Å². The van der Waals surface area contributed by atoms with Crippen molar-refractivity contribution in [2.24, 2.45) is 5.92 Å². The minimum absolute atomic E-state index is 0.286. The summed E-state index contributed by atoms with van der Waals surface area (Å²) in [5.74, 6) is 0.608. The van der Waals surface area contributed by atoms with E-state index in [1.807, 2.05) is 4.90 Å². The molecule has 1 N–H and O–H groups in total. The Labute approximate surface area is 152 Å². The van der Waals surface area contributed by atoms with Crippen molar-refractivity contribution >= 4 is 28.1 Å². The van der Waals surface area contributed by atoms with Gasteiger partial charge in [-0.25, -0.2) is 4.98 Å². The number of thiazole rings is 1. The molecule has 1 amide bonds. The van der Waals surface area contributed by atoms with Gasteiger partial charge in [-0.2, -0.15) is 0 Å². The van der Waals surface area contributed by atoms with Crippen LogP contribution in [0.2, 0.25) is 0 Å². The highest BCUT2D eigenvalue weighted by Crippen LogP contribution is 2.38. The standard InChI is InChI=1S/C20H23N3OS/c24-19(13-5-6-13)23-10-9-15-11-14(7-8-18(15)23)17-12-25-20(22-17)21-16-3-1-2-4-16/h7-8,11-13,16H,1-6,9-10H2,(H,21,22). The summed E-state index contributed by atoms with van der Waals surface area (Å²) >= 11 is 1.70. The van der Waals surface area contributed by atoms with Gasteiger partial charge in [0, 0.05) is 35.1 Å². The van der Waals surface area contributed by atoms with E-state index in [9.17, 15) is 4.79 Å². The van der Waals surface area contributed by atoms with Crippen LogP contribution in [0.25, 0.3) is 11.3 Å². The zero-order chi connectivity index (χ0) is 16.8. The molecule has 130 valence electrons. The van der Waals surface area contributed by atoms with Crippen molar-refractivity contribution in [3.63, 3.8) is 0 Å². The Hall–Kier alpha value is -1.88. The molecule has 2 aliphatic carbocycles. The average Bonchev–Trinajstić information content (AvgIpc) is 3.02. The van der Waals surface area contributed by atoms with Crippen molar-refractivity contribution in [2.45, 2.75) is 51.0 Å². The Morgan fingerprint density at radius 1 is 1.20 bits per heavy atom. The normalized spacial score (nSPS) is 20.1. The highest BCUT2D eigenvalue weighted by atomic mass is 32.1. The van der Waals surface area contributed by atoms with Crippen LogP contribution in [0.15, 0.2) is 23.6 Å². The van der Waals surface area contributed by atoms with Crippen molar-refractivity contribution in [3.8, 4) is 11.3 Å². The molecule has 2 heterocycles. The molecule has 5 rings (SSSR count). The van der Waals surface area contributed by atoms with Gasteiger partial charge < -0.3 is 10.2 Å². The average molecular weight is 353 g/mol. The van der Waals surface area contributed by atoms with Crippen molar-refractivity contribution in [1.82, 2.24) is 4.98 Å². The molecular formula is C20H23N3OS. The molecule has 0 spiro atoms. The van der Waals surface area contributed by atoms with E-state index in [1.54, 1.807) is 11.3 Å². The van der Waals surface area contributed by atoms with Gasteiger partial charge >= 0.3 is 0 Å². The number of rotatable bonds is 4. The van der Waals surface area contributed by atoms with E-state index in [4.69, 9.17) is 4.98 Å². The number of carbonyl (C=O) groups excluding carboxylic acids is 1. The Morgan fingerprint density at radius 2 is 2.04 bits per heavy atom. The third kappa shape index (κ3) is 2.95. The Morgan fingerprint density at radius 3 is 2.84 bits per heavy atom. The summed E-state index contributed by atoms with van der Waals surface area (Å²) in [6.45, 7) is 0.833. The first-order valence-electron chi connectivity index (χ1n) is 9.45. The van der Waals surface area contributed by atoms with Gasteiger partial charge in [-0.3, -0.25) is 4.79 Å². The highest BCUT2D eigenvalue weighted by Gasteiger charge is 2.36. The maximum atomic E-state index is 12.4. The lowest BCUT2D eigenvalue weighted by Crippen LogP contribution is -2.30. The van der Waals surface area contributed by atoms with Crippen LogP contribution in [0.5, 0.6) is 0 Å². The van der Waals surface area contributed by atoms with E-state index >= 15 is 0 Å².